The monoisotopic (exact) mass is 574 g/mol. The summed E-state index contributed by atoms with van der Waals surface area (Å²) in [6.07, 6.45) is 3.17. The van der Waals surface area contributed by atoms with Crippen LogP contribution in [0.3, 0.4) is 0 Å². The van der Waals surface area contributed by atoms with Crippen molar-refractivity contribution >= 4 is 40.9 Å². The first-order valence-corrected chi connectivity index (χ1v) is 11.9. The number of Topliss-reactive ketones (excluding diaryl/α,β-unsaturated/α-hetero) is 1. The summed E-state index contributed by atoms with van der Waals surface area (Å²) in [4.78, 5) is 40.5. The van der Waals surface area contributed by atoms with Crippen LogP contribution in [0.25, 0.3) is 0 Å². The van der Waals surface area contributed by atoms with Gasteiger partial charge in [-0.05, 0) is 66.2 Å². The standard InChI is InChI=1S/C13H9ClFNO.C8H7FO2.C7H6ClNO2/c14-13-10(2-1-7-16-13)8-12(17)9-3-5-11(15)6-4-9;1-11-8(10)6-2-4-7(9)5-3-6;8-7-5(4-6(10)11)2-1-3-9-7/h1-7H,8H2;2-5H,1H3;1-3H,4H2,(H,10,11). The van der Waals surface area contributed by atoms with Crippen molar-refractivity contribution < 1.29 is 33.0 Å². The van der Waals surface area contributed by atoms with Gasteiger partial charge in [-0.3, -0.25) is 9.59 Å². The minimum Gasteiger partial charge on any atom is -0.481 e. The van der Waals surface area contributed by atoms with E-state index in [2.05, 4.69) is 14.7 Å². The SMILES string of the molecule is COC(=O)c1ccc(F)cc1.O=C(Cc1cccnc1Cl)c1ccc(F)cc1.O=C(O)Cc1cccnc1Cl. The first kappa shape index (κ1) is 31.0. The van der Waals surface area contributed by atoms with Crippen LogP contribution in [-0.2, 0) is 22.4 Å². The Balaban J connectivity index is 0.000000214. The second-order valence-electron chi connectivity index (χ2n) is 7.58. The zero-order chi connectivity index (χ0) is 28.8. The number of ketones is 1. The predicted octanol–water partition coefficient (Wildman–Crippen LogP) is 6.27. The molecule has 4 aromatic rings. The van der Waals surface area contributed by atoms with Gasteiger partial charge in [0.2, 0.25) is 0 Å². The number of halogens is 4. The number of carbonyl (C=O) groups is 3. The van der Waals surface area contributed by atoms with Crippen LogP contribution in [-0.4, -0.2) is 39.9 Å². The summed E-state index contributed by atoms with van der Waals surface area (Å²) in [6.45, 7) is 0. The van der Waals surface area contributed by atoms with Gasteiger partial charge in [-0.15, -0.1) is 0 Å². The molecule has 2 aromatic carbocycles. The number of esters is 1. The molecule has 0 spiro atoms. The Morgan fingerprint density at radius 3 is 1.59 bits per heavy atom. The van der Waals surface area contributed by atoms with E-state index in [4.69, 9.17) is 28.3 Å². The molecule has 202 valence electrons. The molecule has 0 saturated carbocycles. The molecular formula is C28H22Cl2F2N2O5. The lowest BCUT2D eigenvalue weighted by atomic mass is 10.0. The van der Waals surface area contributed by atoms with Crippen molar-refractivity contribution in [3.05, 3.63) is 129 Å². The van der Waals surface area contributed by atoms with Crippen LogP contribution in [0.4, 0.5) is 8.78 Å². The van der Waals surface area contributed by atoms with Gasteiger partial charge >= 0.3 is 11.9 Å². The topological polar surface area (TPSA) is 106 Å². The summed E-state index contributed by atoms with van der Waals surface area (Å²) in [5.74, 6) is -2.19. The molecule has 39 heavy (non-hydrogen) atoms. The average Bonchev–Trinajstić information content (AvgIpc) is 2.92. The van der Waals surface area contributed by atoms with Crippen molar-refractivity contribution in [1.29, 1.82) is 0 Å². The molecular weight excluding hydrogens is 553 g/mol. The second-order valence-corrected chi connectivity index (χ2v) is 8.30. The fourth-order valence-electron chi connectivity index (χ4n) is 2.88. The number of benzene rings is 2. The average molecular weight is 575 g/mol. The number of nitrogens with zero attached hydrogens (tertiary/aromatic N) is 2. The minimum absolute atomic E-state index is 0.0767. The Morgan fingerprint density at radius 2 is 1.18 bits per heavy atom. The van der Waals surface area contributed by atoms with E-state index in [-0.39, 0.29) is 35.4 Å². The summed E-state index contributed by atoms with van der Waals surface area (Å²) >= 11 is 11.5. The van der Waals surface area contributed by atoms with E-state index < -0.39 is 11.9 Å². The molecule has 0 atom stereocenters. The van der Waals surface area contributed by atoms with Crippen molar-refractivity contribution in [2.24, 2.45) is 0 Å². The molecule has 1 N–H and O–H groups in total. The second kappa shape index (κ2) is 15.9. The van der Waals surface area contributed by atoms with Crippen LogP contribution in [0.15, 0.2) is 85.2 Å². The quantitative estimate of drug-likeness (QED) is 0.164. The Kier molecular flexibility index (Phi) is 12.6. The molecule has 0 aliphatic heterocycles. The van der Waals surface area contributed by atoms with Crippen molar-refractivity contribution in [2.45, 2.75) is 12.8 Å². The largest absolute Gasteiger partial charge is 0.481 e. The molecule has 0 aliphatic rings. The van der Waals surface area contributed by atoms with Gasteiger partial charge in [0, 0.05) is 29.9 Å². The smallest absolute Gasteiger partial charge is 0.337 e. The van der Waals surface area contributed by atoms with Crippen molar-refractivity contribution in [1.82, 2.24) is 9.97 Å². The van der Waals surface area contributed by atoms with Gasteiger partial charge < -0.3 is 9.84 Å². The maximum atomic E-state index is 12.7. The minimum atomic E-state index is -0.903. The third-order valence-corrected chi connectivity index (χ3v) is 5.48. The third kappa shape index (κ3) is 11.0. The molecule has 0 bridgehead atoms. The van der Waals surface area contributed by atoms with Gasteiger partial charge in [-0.25, -0.2) is 23.5 Å². The van der Waals surface area contributed by atoms with Crippen LogP contribution in [0.2, 0.25) is 10.3 Å². The van der Waals surface area contributed by atoms with Crippen LogP contribution in [0.1, 0.15) is 31.8 Å². The van der Waals surface area contributed by atoms with Gasteiger partial charge in [-0.2, -0.15) is 0 Å². The maximum Gasteiger partial charge on any atom is 0.337 e. The molecule has 4 rings (SSSR count). The molecule has 2 aromatic heterocycles. The van der Waals surface area contributed by atoms with Crippen LogP contribution < -0.4 is 0 Å². The summed E-state index contributed by atoms with van der Waals surface area (Å²) in [5, 5.41) is 8.99. The van der Waals surface area contributed by atoms with E-state index in [0.717, 1.165) is 0 Å². The Morgan fingerprint density at radius 1 is 0.744 bits per heavy atom. The highest BCUT2D eigenvalue weighted by Gasteiger charge is 2.10. The number of hydrogen-bond acceptors (Lipinski definition) is 6. The number of carbonyl (C=O) groups excluding carboxylic acids is 2. The molecule has 2 heterocycles. The number of aliphatic carboxylic acids is 1. The Hall–Kier alpha value is -4.21. The molecule has 0 unspecified atom stereocenters. The number of carboxylic acid groups (broad SMARTS) is 1. The molecule has 0 aliphatic carbocycles. The van der Waals surface area contributed by atoms with Crippen molar-refractivity contribution in [3.63, 3.8) is 0 Å². The van der Waals surface area contributed by atoms with Crippen molar-refractivity contribution in [3.8, 4) is 0 Å². The van der Waals surface area contributed by atoms with E-state index in [0.29, 0.717) is 27.4 Å². The normalized spacial score (nSPS) is 9.77. The van der Waals surface area contributed by atoms with Crippen LogP contribution in [0.5, 0.6) is 0 Å². The summed E-state index contributed by atoms with van der Waals surface area (Å²) in [5.41, 5.74) is 2.03. The highest BCUT2D eigenvalue weighted by atomic mass is 35.5. The van der Waals surface area contributed by atoms with E-state index in [1.807, 2.05) is 0 Å². The lowest BCUT2D eigenvalue weighted by Crippen LogP contribution is -2.04. The van der Waals surface area contributed by atoms with E-state index in [1.54, 1.807) is 30.5 Å². The van der Waals surface area contributed by atoms with E-state index in [1.165, 1.54) is 61.8 Å². The van der Waals surface area contributed by atoms with Gasteiger partial charge in [-0.1, -0.05) is 35.3 Å². The number of ether oxygens (including phenoxy) is 1. The number of pyridine rings is 2. The Bertz CT molecular complexity index is 1400. The Labute approximate surface area is 233 Å². The molecule has 7 nitrogen and oxygen atoms in total. The lowest BCUT2D eigenvalue weighted by Gasteiger charge is -2.02. The highest BCUT2D eigenvalue weighted by molar-refractivity contribution is 6.30. The van der Waals surface area contributed by atoms with Crippen LogP contribution in [0, 0.1) is 11.6 Å². The zero-order valence-corrected chi connectivity index (χ0v) is 22.0. The first-order chi connectivity index (χ1) is 18.6. The van der Waals surface area contributed by atoms with Gasteiger partial charge in [0.15, 0.2) is 5.78 Å². The number of aromatic nitrogens is 2. The first-order valence-electron chi connectivity index (χ1n) is 11.1. The third-order valence-electron chi connectivity index (χ3n) is 4.80. The summed E-state index contributed by atoms with van der Waals surface area (Å²) < 4.78 is 29.4. The molecule has 11 heteroatoms. The van der Waals surface area contributed by atoms with E-state index in [9.17, 15) is 23.2 Å². The summed E-state index contributed by atoms with van der Waals surface area (Å²) in [6, 6.07) is 17.4. The molecule has 0 fully saturated rings. The van der Waals surface area contributed by atoms with Gasteiger partial charge in [0.1, 0.15) is 21.9 Å². The van der Waals surface area contributed by atoms with Gasteiger partial charge in [0.25, 0.3) is 0 Å². The summed E-state index contributed by atoms with van der Waals surface area (Å²) in [7, 11) is 1.28. The number of hydrogen-bond donors (Lipinski definition) is 1. The fourth-order valence-corrected chi connectivity index (χ4v) is 3.25. The highest BCUT2D eigenvalue weighted by Crippen LogP contribution is 2.15. The molecule has 0 radical (unpaired) electrons. The van der Waals surface area contributed by atoms with E-state index >= 15 is 0 Å². The number of carboxylic acids is 1. The zero-order valence-electron chi connectivity index (χ0n) is 20.5. The maximum absolute atomic E-state index is 12.7. The number of rotatable bonds is 6. The van der Waals surface area contributed by atoms with Crippen molar-refractivity contribution in [2.75, 3.05) is 7.11 Å². The lowest BCUT2D eigenvalue weighted by molar-refractivity contribution is -0.136. The fraction of sp³-hybridized carbons (Fsp3) is 0.107. The predicted molar refractivity (Wildman–Crippen MR) is 142 cm³/mol. The molecule has 0 saturated heterocycles. The van der Waals surface area contributed by atoms with Gasteiger partial charge in [0.05, 0.1) is 19.1 Å². The van der Waals surface area contributed by atoms with Crippen LogP contribution >= 0.6 is 23.2 Å². The number of methoxy groups -OCH3 is 1. The molecule has 0 amide bonds.